The van der Waals surface area contributed by atoms with E-state index in [0.29, 0.717) is 36.4 Å². The molecule has 0 saturated heterocycles. The summed E-state index contributed by atoms with van der Waals surface area (Å²) < 4.78 is 25.4. The SMILES string of the molecule is Cc1ccc(C)c(S(=O)(=O)C2(C(=O)NCCCCN)CCCC2)c1. The van der Waals surface area contributed by atoms with Crippen molar-refractivity contribution in [2.45, 2.75) is 62.0 Å². The van der Waals surface area contributed by atoms with E-state index < -0.39 is 14.6 Å². The summed E-state index contributed by atoms with van der Waals surface area (Å²) >= 11 is 0. The van der Waals surface area contributed by atoms with Gasteiger partial charge in [-0.15, -0.1) is 0 Å². The molecule has 24 heavy (non-hydrogen) atoms. The third-order valence-corrected chi connectivity index (χ3v) is 7.53. The van der Waals surface area contributed by atoms with Crippen LogP contribution in [0.3, 0.4) is 0 Å². The fourth-order valence-electron chi connectivity index (χ4n) is 3.40. The first-order valence-electron chi connectivity index (χ1n) is 8.65. The Bertz CT molecular complexity index is 692. The van der Waals surface area contributed by atoms with E-state index in [1.54, 1.807) is 13.0 Å². The first-order valence-corrected chi connectivity index (χ1v) is 10.1. The molecule has 1 aromatic carbocycles. The molecule has 0 heterocycles. The summed E-state index contributed by atoms with van der Waals surface area (Å²) in [6.07, 6.45) is 3.90. The lowest BCUT2D eigenvalue weighted by atomic mass is 10.1. The highest BCUT2D eigenvalue weighted by molar-refractivity contribution is 7.93. The molecule has 6 heteroatoms. The molecular weight excluding hydrogens is 324 g/mol. The fraction of sp³-hybridized carbons (Fsp3) is 0.611. The monoisotopic (exact) mass is 352 g/mol. The molecule has 0 aliphatic heterocycles. The number of nitrogens with two attached hydrogens (primary N) is 1. The molecule has 0 bridgehead atoms. The van der Waals surface area contributed by atoms with E-state index in [-0.39, 0.29) is 5.91 Å². The van der Waals surface area contributed by atoms with Gasteiger partial charge in [-0.1, -0.05) is 25.0 Å². The molecule has 2 rings (SSSR count). The summed E-state index contributed by atoms with van der Waals surface area (Å²) in [5, 5.41) is 2.84. The maximum atomic E-state index is 13.4. The molecule has 1 aliphatic rings. The number of benzene rings is 1. The van der Waals surface area contributed by atoms with Gasteiger partial charge in [0.05, 0.1) is 4.90 Å². The molecule has 1 aliphatic carbocycles. The van der Waals surface area contributed by atoms with Gasteiger partial charge in [0, 0.05) is 6.54 Å². The number of carbonyl (C=O) groups excluding carboxylic acids is 1. The standard InChI is InChI=1S/C18H28N2O3S/c1-14-7-8-15(2)16(13-14)24(22,23)18(9-3-4-10-18)17(21)20-12-6-5-11-19/h7-8,13H,3-6,9-12,19H2,1-2H3,(H,20,21). The Kier molecular flexibility index (Phi) is 6.04. The van der Waals surface area contributed by atoms with E-state index in [2.05, 4.69) is 5.32 Å². The molecule has 134 valence electrons. The van der Waals surface area contributed by atoms with Crippen LogP contribution in [0.1, 0.15) is 49.7 Å². The maximum absolute atomic E-state index is 13.4. The summed E-state index contributed by atoms with van der Waals surface area (Å²) in [6, 6.07) is 5.39. The zero-order chi connectivity index (χ0) is 17.8. The number of amides is 1. The minimum absolute atomic E-state index is 0.293. The molecule has 1 saturated carbocycles. The van der Waals surface area contributed by atoms with Gasteiger partial charge in [-0.2, -0.15) is 0 Å². The van der Waals surface area contributed by atoms with Crippen LogP contribution >= 0.6 is 0 Å². The Morgan fingerprint density at radius 1 is 1.21 bits per heavy atom. The molecule has 1 fully saturated rings. The number of hydrogen-bond acceptors (Lipinski definition) is 4. The minimum atomic E-state index is -3.73. The molecule has 0 atom stereocenters. The van der Waals surface area contributed by atoms with Crippen LogP contribution in [0.25, 0.3) is 0 Å². The van der Waals surface area contributed by atoms with Crippen LogP contribution < -0.4 is 11.1 Å². The van der Waals surface area contributed by atoms with Gasteiger partial charge in [-0.25, -0.2) is 8.42 Å². The molecule has 0 radical (unpaired) electrons. The van der Waals surface area contributed by atoms with E-state index in [4.69, 9.17) is 5.73 Å². The Morgan fingerprint density at radius 3 is 2.50 bits per heavy atom. The lowest BCUT2D eigenvalue weighted by Gasteiger charge is -2.28. The third-order valence-electron chi connectivity index (χ3n) is 4.89. The van der Waals surface area contributed by atoms with Gasteiger partial charge in [0.25, 0.3) is 0 Å². The van der Waals surface area contributed by atoms with Crippen LogP contribution in [-0.4, -0.2) is 32.2 Å². The van der Waals surface area contributed by atoms with Crippen molar-refractivity contribution in [2.75, 3.05) is 13.1 Å². The summed E-state index contributed by atoms with van der Waals surface area (Å²) in [6.45, 7) is 4.70. The minimum Gasteiger partial charge on any atom is -0.355 e. The van der Waals surface area contributed by atoms with Gasteiger partial charge in [0.1, 0.15) is 0 Å². The predicted octanol–water partition coefficient (Wildman–Crippen LogP) is 2.25. The van der Waals surface area contributed by atoms with Crippen molar-refractivity contribution in [3.63, 3.8) is 0 Å². The molecule has 0 aromatic heterocycles. The van der Waals surface area contributed by atoms with Crippen LogP contribution in [0.4, 0.5) is 0 Å². The van der Waals surface area contributed by atoms with Crippen LogP contribution in [0, 0.1) is 13.8 Å². The average Bonchev–Trinajstić information content (AvgIpc) is 3.05. The predicted molar refractivity (Wildman–Crippen MR) is 95.6 cm³/mol. The number of rotatable bonds is 7. The van der Waals surface area contributed by atoms with Gasteiger partial charge in [0.2, 0.25) is 5.91 Å². The number of aryl methyl sites for hydroxylation is 2. The summed E-state index contributed by atoms with van der Waals surface area (Å²) in [5.74, 6) is -0.349. The number of sulfone groups is 1. The lowest BCUT2D eigenvalue weighted by Crippen LogP contribution is -2.51. The van der Waals surface area contributed by atoms with E-state index in [1.165, 1.54) is 0 Å². The lowest BCUT2D eigenvalue weighted by molar-refractivity contribution is -0.123. The molecular formula is C18H28N2O3S. The van der Waals surface area contributed by atoms with Crippen molar-refractivity contribution in [2.24, 2.45) is 5.73 Å². The second-order valence-electron chi connectivity index (χ2n) is 6.73. The Morgan fingerprint density at radius 2 is 1.88 bits per heavy atom. The smallest absolute Gasteiger partial charge is 0.241 e. The van der Waals surface area contributed by atoms with Gasteiger partial charge >= 0.3 is 0 Å². The molecule has 3 N–H and O–H groups in total. The second-order valence-corrected chi connectivity index (χ2v) is 8.95. The van der Waals surface area contributed by atoms with E-state index in [1.807, 2.05) is 19.1 Å². The van der Waals surface area contributed by atoms with E-state index >= 15 is 0 Å². The zero-order valence-electron chi connectivity index (χ0n) is 14.6. The van der Waals surface area contributed by atoms with E-state index in [9.17, 15) is 13.2 Å². The molecule has 1 aromatic rings. The molecule has 0 spiro atoms. The summed E-state index contributed by atoms with van der Waals surface area (Å²) in [5.41, 5.74) is 7.04. The highest BCUT2D eigenvalue weighted by Gasteiger charge is 2.53. The number of nitrogens with one attached hydrogen (secondary N) is 1. The quantitative estimate of drug-likeness (QED) is 0.737. The first kappa shape index (κ1) is 18.9. The largest absolute Gasteiger partial charge is 0.355 e. The van der Waals surface area contributed by atoms with Gasteiger partial charge in [0.15, 0.2) is 14.6 Å². The number of hydrogen-bond donors (Lipinski definition) is 2. The molecule has 0 unspecified atom stereocenters. The Hall–Kier alpha value is -1.40. The fourth-order valence-corrected chi connectivity index (χ4v) is 5.80. The van der Waals surface area contributed by atoms with Crippen LogP contribution in [-0.2, 0) is 14.6 Å². The molecule has 1 amide bonds. The van der Waals surface area contributed by atoms with Gasteiger partial charge in [-0.05, 0) is 63.3 Å². The second kappa shape index (κ2) is 7.66. The zero-order valence-corrected chi connectivity index (χ0v) is 15.4. The average molecular weight is 353 g/mol. The van der Waals surface area contributed by atoms with Gasteiger partial charge < -0.3 is 11.1 Å². The van der Waals surface area contributed by atoms with Crippen molar-refractivity contribution in [3.05, 3.63) is 29.3 Å². The summed E-state index contributed by atoms with van der Waals surface area (Å²) in [7, 11) is -3.73. The Labute approximate surface area is 144 Å². The Balaban J connectivity index is 2.35. The van der Waals surface area contributed by atoms with Crippen molar-refractivity contribution in [1.29, 1.82) is 0 Å². The van der Waals surface area contributed by atoms with Crippen LogP contribution in [0.15, 0.2) is 23.1 Å². The van der Waals surface area contributed by atoms with Gasteiger partial charge in [-0.3, -0.25) is 4.79 Å². The highest BCUT2D eigenvalue weighted by Crippen LogP contribution is 2.41. The highest BCUT2D eigenvalue weighted by atomic mass is 32.2. The van der Waals surface area contributed by atoms with E-state index in [0.717, 1.165) is 31.2 Å². The maximum Gasteiger partial charge on any atom is 0.241 e. The number of carbonyl (C=O) groups is 1. The van der Waals surface area contributed by atoms with Crippen molar-refractivity contribution >= 4 is 15.7 Å². The third kappa shape index (κ3) is 3.49. The van der Waals surface area contributed by atoms with Crippen LogP contribution in [0.5, 0.6) is 0 Å². The van der Waals surface area contributed by atoms with Crippen molar-refractivity contribution in [1.82, 2.24) is 5.32 Å². The molecule has 5 nitrogen and oxygen atoms in total. The number of unbranched alkanes of at least 4 members (excludes halogenated alkanes) is 1. The normalized spacial score (nSPS) is 17.0. The van der Waals surface area contributed by atoms with Crippen LogP contribution in [0.2, 0.25) is 0 Å². The summed E-state index contributed by atoms with van der Waals surface area (Å²) in [4.78, 5) is 13.1. The van der Waals surface area contributed by atoms with Crippen molar-refractivity contribution in [3.8, 4) is 0 Å². The topological polar surface area (TPSA) is 89.3 Å². The van der Waals surface area contributed by atoms with Crippen molar-refractivity contribution < 1.29 is 13.2 Å². The first-order chi connectivity index (χ1) is 11.3.